The summed E-state index contributed by atoms with van der Waals surface area (Å²) in [5.74, 6) is 1.51. The summed E-state index contributed by atoms with van der Waals surface area (Å²) in [6.07, 6.45) is 15.3. The fraction of sp³-hybridized carbons (Fsp3) is 0.0952. The number of hydrogen-bond donors (Lipinski definition) is 3. The van der Waals surface area contributed by atoms with Crippen molar-refractivity contribution >= 4 is 24.0 Å². The molecule has 6 rings (SSSR count). The molecule has 11 heteroatoms. The summed E-state index contributed by atoms with van der Waals surface area (Å²) >= 11 is 0. The number of carboxylic acids is 1. The molecular weight excluding hydrogens is 668 g/mol. The van der Waals surface area contributed by atoms with Crippen LogP contribution in [0.25, 0.3) is 12.2 Å². The van der Waals surface area contributed by atoms with Crippen LogP contribution in [0.15, 0.2) is 159 Å². The van der Waals surface area contributed by atoms with Crippen LogP contribution in [0.4, 0.5) is 0 Å². The quantitative estimate of drug-likeness (QED) is 0.112. The van der Waals surface area contributed by atoms with Crippen LogP contribution >= 0.6 is 0 Å². The van der Waals surface area contributed by atoms with E-state index in [4.69, 9.17) is 20.3 Å². The number of rotatable bonds is 11. The highest BCUT2D eigenvalue weighted by Gasteiger charge is 2.09. The fourth-order valence-electron chi connectivity index (χ4n) is 4.47. The summed E-state index contributed by atoms with van der Waals surface area (Å²) in [6.45, 7) is 3.86. The molecule has 0 saturated carbocycles. The molecule has 0 spiro atoms. The number of aliphatic carboxylic acids is 1. The van der Waals surface area contributed by atoms with E-state index < -0.39 is 5.97 Å². The Balaban J connectivity index is 0.000000197. The van der Waals surface area contributed by atoms with Gasteiger partial charge >= 0.3 is 5.97 Å². The maximum absolute atomic E-state index is 12.1. The molecule has 0 radical (unpaired) electrons. The van der Waals surface area contributed by atoms with Gasteiger partial charge in [-0.1, -0.05) is 84.9 Å². The maximum Gasteiger partial charge on any atom is 0.328 e. The minimum absolute atomic E-state index is 0.00410. The summed E-state index contributed by atoms with van der Waals surface area (Å²) in [5, 5.41) is 11.2. The first-order valence-electron chi connectivity index (χ1n) is 16.6. The van der Waals surface area contributed by atoms with Crippen LogP contribution in [0.2, 0.25) is 0 Å². The Bertz CT molecular complexity index is 2050. The number of amides is 1. The number of nitrogens with one attached hydrogen (secondary N) is 1. The second-order valence-electron chi connectivity index (χ2n) is 11.3. The van der Waals surface area contributed by atoms with Crippen molar-refractivity contribution in [3.05, 3.63) is 181 Å². The standard InChI is InChI=1S/C21H19N3O2.C12H13N3O.C9H8O2/c1-16(24-21(25)11-10-17-6-3-2-4-7-17)18-8-5-9-19(12-18)26-20-13-22-15-23-14-20;1-9(13)10-3-2-4-11(5-10)16-12-6-14-8-15-7-12;10-9(11)7-6-8-4-2-1-3-5-8/h2-16H,1H3,(H,24,25);2-9H,13H2,1H3;1-7H,(H,10,11)/b11-10+;;7-6+/t16-;9-;/m00./s1. The first-order chi connectivity index (χ1) is 25.7. The van der Waals surface area contributed by atoms with E-state index in [9.17, 15) is 9.59 Å². The van der Waals surface area contributed by atoms with E-state index in [1.165, 1.54) is 18.7 Å². The molecule has 2 heterocycles. The molecule has 0 aliphatic carbocycles. The number of carbonyl (C=O) groups is 2. The van der Waals surface area contributed by atoms with E-state index in [0.717, 1.165) is 34.1 Å². The second kappa shape index (κ2) is 21.3. The third-order valence-corrected chi connectivity index (χ3v) is 7.09. The van der Waals surface area contributed by atoms with Crippen molar-refractivity contribution in [2.24, 2.45) is 5.73 Å². The number of benzene rings is 4. The third kappa shape index (κ3) is 14.8. The van der Waals surface area contributed by atoms with Gasteiger partial charge in [-0.05, 0) is 72.5 Å². The van der Waals surface area contributed by atoms with Crippen molar-refractivity contribution < 1.29 is 24.2 Å². The molecule has 2 aromatic heterocycles. The molecule has 0 fully saturated rings. The van der Waals surface area contributed by atoms with Crippen LogP contribution in [0.5, 0.6) is 23.0 Å². The average Bonchev–Trinajstić information content (AvgIpc) is 3.18. The molecule has 0 aliphatic rings. The minimum Gasteiger partial charge on any atom is -0.478 e. The minimum atomic E-state index is -0.922. The monoisotopic (exact) mass is 708 g/mol. The van der Waals surface area contributed by atoms with Gasteiger partial charge in [0.05, 0.1) is 30.8 Å². The Morgan fingerprint density at radius 3 is 1.55 bits per heavy atom. The molecule has 11 nitrogen and oxygen atoms in total. The molecule has 53 heavy (non-hydrogen) atoms. The van der Waals surface area contributed by atoms with Crippen LogP contribution in [0, 0.1) is 0 Å². The SMILES string of the molecule is C[C@H](N)c1cccc(Oc2cncnc2)c1.C[C@H](NC(=O)/C=C/c1ccccc1)c1cccc(Oc2cncnc2)c1.O=C(O)/C=C/c1ccccc1. The Labute approximate surface area is 308 Å². The smallest absolute Gasteiger partial charge is 0.328 e. The zero-order valence-electron chi connectivity index (χ0n) is 29.3. The number of aromatic nitrogens is 4. The molecule has 0 unspecified atom stereocenters. The molecule has 4 N–H and O–H groups in total. The van der Waals surface area contributed by atoms with E-state index >= 15 is 0 Å². The number of ether oxygens (including phenoxy) is 2. The Kier molecular flexibility index (Phi) is 15.6. The largest absolute Gasteiger partial charge is 0.478 e. The predicted octanol–water partition coefficient (Wildman–Crippen LogP) is 8.23. The number of nitrogens with zero attached hydrogens (tertiary/aromatic N) is 4. The number of nitrogens with two attached hydrogens (primary N) is 1. The molecule has 2 atom stereocenters. The van der Waals surface area contributed by atoms with Crippen molar-refractivity contribution in [3.8, 4) is 23.0 Å². The first kappa shape index (κ1) is 38.8. The lowest BCUT2D eigenvalue weighted by Crippen LogP contribution is -2.24. The van der Waals surface area contributed by atoms with Crippen LogP contribution in [0.1, 0.15) is 48.2 Å². The first-order valence-corrected chi connectivity index (χ1v) is 16.6. The average molecular weight is 709 g/mol. The third-order valence-electron chi connectivity index (χ3n) is 7.09. The molecule has 0 saturated heterocycles. The lowest BCUT2D eigenvalue weighted by Gasteiger charge is -2.14. The second-order valence-corrected chi connectivity index (χ2v) is 11.3. The predicted molar refractivity (Wildman–Crippen MR) is 205 cm³/mol. The fourth-order valence-corrected chi connectivity index (χ4v) is 4.47. The van der Waals surface area contributed by atoms with Gasteiger partial charge in [0.15, 0.2) is 11.5 Å². The van der Waals surface area contributed by atoms with Gasteiger partial charge < -0.3 is 25.6 Å². The highest BCUT2D eigenvalue weighted by atomic mass is 16.5. The number of carbonyl (C=O) groups excluding carboxylic acids is 1. The molecule has 0 aliphatic heterocycles. The topological polar surface area (TPSA) is 162 Å². The van der Waals surface area contributed by atoms with Gasteiger partial charge in [0.25, 0.3) is 0 Å². The molecular formula is C42H40N6O5. The zero-order chi connectivity index (χ0) is 37.7. The van der Waals surface area contributed by atoms with Gasteiger partial charge in [0.2, 0.25) is 5.91 Å². The molecule has 6 aromatic rings. The summed E-state index contributed by atoms with van der Waals surface area (Å²) < 4.78 is 11.3. The summed E-state index contributed by atoms with van der Waals surface area (Å²) in [4.78, 5) is 37.8. The zero-order valence-corrected chi connectivity index (χ0v) is 29.3. The molecule has 0 bridgehead atoms. The van der Waals surface area contributed by atoms with Gasteiger partial charge in [0, 0.05) is 18.2 Å². The molecule has 268 valence electrons. The van der Waals surface area contributed by atoms with Crippen molar-refractivity contribution in [1.82, 2.24) is 25.3 Å². The van der Waals surface area contributed by atoms with E-state index in [2.05, 4.69) is 25.3 Å². The van der Waals surface area contributed by atoms with Crippen molar-refractivity contribution in [3.63, 3.8) is 0 Å². The van der Waals surface area contributed by atoms with Crippen molar-refractivity contribution in [2.75, 3.05) is 0 Å². The lowest BCUT2D eigenvalue weighted by molar-refractivity contribution is -0.131. The summed E-state index contributed by atoms with van der Waals surface area (Å²) in [7, 11) is 0. The Morgan fingerprint density at radius 2 is 1.08 bits per heavy atom. The highest BCUT2D eigenvalue weighted by molar-refractivity contribution is 5.92. The van der Waals surface area contributed by atoms with E-state index in [1.54, 1.807) is 36.9 Å². The van der Waals surface area contributed by atoms with Crippen LogP contribution in [-0.4, -0.2) is 36.9 Å². The van der Waals surface area contributed by atoms with Crippen LogP contribution in [-0.2, 0) is 9.59 Å². The van der Waals surface area contributed by atoms with Crippen LogP contribution < -0.4 is 20.5 Å². The lowest BCUT2D eigenvalue weighted by atomic mass is 10.1. The normalized spacial score (nSPS) is 11.6. The highest BCUT2D eigenvalue weighted by Crippen LogP contribution is 2.24. The van der Waals surface area contributed by atoms with Crippen molar-refractivity contribution in [1.29, 1.82) is 0 Å². The maximum atomic E-state index is 12.1. The van der Waals surface area contributed by atoms with Gasteiger partial charge in [-0.15, -0.1) is 0 Å². The Morgan fingerprint density at radius 1 is 0.623 bits per heavy atom. The van der Waals surface area contributed by atoms with E-state index in [-0.39, 0.29) is 18.0 Å². The van der Waals surface area contributed by atoms with Crippen molar-refractivity contribution in [2.45, 2.75) is 25.9 Å². The van der Waals surface area contributed by atoms with Gasteiger partial charge in [0.1, 0.15) is 24.2 Å². The number of hydrogen-bond acceptors (Lipinski definition) is 9. The number of carboxylic acid groups (broad SMARTS) is 1. The van der Waals surface area contributed by atoms with E-state index in [1.807, 2.05) is 123 Å². The Hall–Kier alpha value is -6.98. The molecule has 4 aromatic carbocycles. The van der Waals surface area contributed by atoms with Gasteiger partial charge in [-0.2, -0.15) is 0 Å². The van der Waals surface area contributed by atoms with Crippen LogP contribution in [0.3, 0.4) is 0 Å². The van der Waals surface area contributed by atoms with E-state index in [0.29, 0.717) is 17.2 Å². The van der Waals surface area contributed by atoms with Gasteiger partial charge in [-0.25, -0.2) is 24.7 Å². The van der Waals surface area contributed by atoms with Gasteiger partial charge in [-0.3, -0.25) is 4.79 Å². The summed E-state index contributed by atoms with van der Waals surface area (Å²) in [5.41, 5.74) is 9.66. The summed E-state index contributed by atoms with van der Waals surface area (Å²) in [6, 6.07) is 34.1. The molecule has 1 amide bonds.